The van der Waals surface area contributed by atoms with E-state index in [1.54, 1.807) is 6.07 Å². The summed E-state index contributed by atoms with van der Waals surface area (Å²) in [6.07, 6.45) is -2.50. The summed E-state index contributed by atoms with van der Waals surface area (Å²) in [5.41, 5.74) is 0.319. The maximum atomic E-state index is 13.2. The molecule has 0 aromatic carbocycles. The molecule has 12 nitrogen and oxygen atoms in total. The maximum Gasteiger partial charge on any atom is 0.408 e. The number of aliphatic hydroxyl groups is 2. The molecule has 3 amide bonds. The van der Waals surface area contributed by atoms with Crippen molar-refractivity contribution in [1.29, 1.82) is 0 Å². The van der Waals surface area contributed by atoms with Crippen LogP contribution in [0.2, 0.25) is 0 Å². The Morgan fingerprint density at radius 3 is 2.67 bits per heavy atom. The smallest absolute Gasteiger partial charge is 0.408 e. The standard InChI is InChI=1S/C21H24F3N7O5/c1-11(21(22,23)24)27-18(34)15-2-3-16-17(28-15)31(12-4-5-30(16)8-12)20(35)29-19-25-6-14(7-26-19)36-10-13(33)9-32/h2-3,6-7,11-13,32-33H,4-5,8-10H2,1H3,(H,27,34)(H,25,26,29,35)/t11-,12?,13+/m1/s1. The monoisotopic (exact) mass is 511 g/mol. The lowest BCUT2D eigenvalue weighted by Gasteiger charge is -2.35. The molecule has 15 heteroatoms. The van der Waals surface area contributed by atoms with Gasteiger partial charge in [-0.1, -0.05) is 0 Å². The number of anilines is 3. The molecule has 194 valence electrons. The molecular formula is C21H24F3N7O5. The third kappa shape index (κ3) is 5.41. The van der Waals surface area contributed by atoms with E-state index in [4.69, 9.17) is 9.84 Å². The number of halogens is 3. The van der Waals surface area contributed by atoms with Gasteiger partial charge in [-0.25, -0.2) is 19.7 Å². The lowest BCUT2D eigenvalue weighted by atomic mass is 10.1. The highest BCUT2D eigenvalue weighted by Crippen LogP contribution is 2.39. The van der Waals surface area contributed by atoms with Crippen LogP contribution in [0.15, 0.2) is 24.5 Å². The number of urea groups is 1. The van der Waals surface area contributed by atoms with Gasteiger partial charge in [0.05, 0.1) is 30.7 Å². The first-order valence-electron chi connectivity index (χ1n) is 11.0. The molecule has 0 saturated carbocycles. The Labute approximate surface area is 203 Å². The van der Waals surface area contributed by atoms with Gasteiger partial charge in [-0.15, -0.1) is 0 Å². The van der Waals surface area contributed by atoms with E-state index in [2.05, 4.69) is 20.3 Å². The van der Waals surface area contributed by atoms with E-state index < -0.39 is 36.9 Å². The van der Waals surface area contributed by atoms with Crippen LogP contribution in [-0.4, -0.2) is 87.8 Å². The van der Waals surface area contributed by atoms with Crippen LogP contribution in [0.4, 0.5) is 35.4 Å². The second-order valence-corrected chi connectivity index (χ2v) is 8.35. The van der Waals surface area contributed by atoms with Crippen LogP contribution in [0, 0.1) is 0 Å². The predicted molar refractivity (Wildman–Crippen MR) is 120 cm³/mol. The minimum absolute atomic E-state index is 0.0510. The number of pyridine rings is 1. The van der Waals surface area contributed by atoms with E-state index in [1.165, 1.54) is 23.4 Å². The largest absolute Gasteiger partial charge is 0.488 e. The summed E-state index contributed by atoms with van der Waals surface area (Å²) in [4.78, 5) is 41.2. The zero-order valence-electron chi connectivity index (χ0n) is 19.1. The van der Waals surface area contributed by atoms with Crippen molar-refractivity contribution in [2.24, 2.45) is 0 Å². The second kappa shape index (κ2) is 10.1. The molecule has 4 N–H and O–H groups in total. The first kappa shape index (κ1) is 25.4. The first-order valence-corrected chi connectivity index (χ1v) is 11.0. The third-order valence-corrected chi connectivity index (χ3v) is 5.74. The Bertz CT molecular complexity index is 1120. The molecule has 2 aliphatic rings. The second-order valence-electron chi connectivity index (χ2n) is 8.35. The van der Waals surface area contributed by atoms with Gasteiger partial charge in [0, 0.05) is 13.1 Å². The number of nitrogens with zero attached hydrogens (tertiary/aromatic N) is 5. The van der Waals surface area contributed by atoms with E-state index in [9.17, 15) is 27.9 Å². The highest BCUT2D eigenvalue weighted by molar-refractivity contribution is 6.04. The van der Waals surface area contributed by atoms with E-state index >= 15 is 0 Å². The average Bonchev–Trinajstić information content (AvgIpc) is 3.26. The topological polar surface area (TPSA) is 153 Å². The van der Waals surface area contributed by atoms with Crippen LogP contribution in [0.3, 0.4) is 0 Å². The van der Waals surface area contributed by atoms with Crippen LogP contribution < -0.4 is 25.2 Å². The number of aromatic nitrogens is 3. The average molecular weight is 511 g/mol. The van der Waals surface area contributed by atoms with Crippen LogP contribution >= 0.6 is 0 Å². The van der Waals surface area contributed by atoms with Crippen molar-refractivity contribution in [2.75, 3.05) is 41.4 Å². The Balaban J connectivity index is 1.51. The van der Waals surface area contributed by atoms with Crippen molar-refractivity contribution >= 4 is 29.4 Å². The molecule has 3 atom stereocenters. The van der Waals surface area contributed by atoms with Gasteiger partial charge in [0.25, 0.3) is 5.91 Å². The Morgan fingerprint density at radius 2 is 2.00 bits per heavy atom. The summed E-state index contributed by atoms with van der Waals surface area (Å²) in [5, 5.41) is 22.6. The van der Waals surface area contributed by atoms with Crippen molar-refractivity contribution in [3.05, 3.63) is 30.2 Å². The van der Waals surface area contributed by atoms with Crippen molar-refractivity contribution in [3.8, 4) is 5.75 Å². The molecule has 1 fully saturated rings. The number of hydrogen-bond donors (Lipinski definition) is 4. The van der Waals surface area contributed by atoms with Gasteiger partial charge < -0.3 is 25.2 Å². The lowest BCUT2D eigenvalue weighted by molar-refractivity contribution is -0.149. The van der Waals surface area contributed by atoms with Crippen molar-refractivity contribution in [1.82, 2.24) is 20.3 Å². The number of ether oxygens (including phenoxy) is 1. The fourth-order valence-electron chi connectivity index (χ4n) is 3.81. The van der Waals surface area contributed by atoms with Crippen molar-refractivity contribution in [3.63, 3.8) is 0 Å². The quantitative estimate of drug-likeness (QED) is 0.425. The highest BCUT2D eigenvalue weighted by atomic mass is 19.4. The minimum atomic E-state index is -4.61. The highest BCUT2D eigenvalue weighted by Gasteiger charge is 2.41. The van der Waals surface area contributed by atoms with Gasteiger partial charge in [0.1, 0.15) is 24.4 Å². The molecule has 0 radical (unpaired) electrons. The van der Waals surface area contributed by atoms with Gasteiger partial charge in [-0.2, -0.15) is 13.2 Å². The number of carbonyl (C=O) groups excluding carboxylic acids is 2. The third-order valence-electron chi connectivity index (χ3n) is 5.74. The molecule has 2 aliphatic heterocycles. The molecule has 1 saturated heterocycles. The van der Waals surface area contributed by atoms with Crippen molar-refractivity contribution in [2.45, 2.75) is 37.7 Å². The number of rotatable bonds is 7. The number of amides is 3. The molecular weight excluding hydrogens is 487 g/mol. The van der Waals surface area contributed by atoms with Gasteiger partial charge in [0.15, 0.2) is 11.6 Å². The minimum Gasteiger partial charge on any atom is -0.488 e. The summed E-state index contributed by atoms with van der Waals surface area (Å²) in [6.45, 7) is 1.36. The molecule has 0 aliphatic carbocycles. The number of aliphatic hydroxyl groups excluding tert-OH is 2. The Morgan fingerprint density at radius 1 is 1.28 bits per heavy atom. The van der Waals surface area contributed by atoms with Crippen LogP contribution in [-0.2, 0) is 0 Å². The number of alkyl halides is 3. The van der Waals surface area contributed by atoms with Gasteiger partial charge in [0.2, 0.25) is 5.95 Å². The molecule has 2 aromatic heterocycles. The predicted octanol–water partition coefficient (Wildman–Crippen LogP) is 0.915. The maximum absolute atomic E-state index is 13.2. The number of fused-ring (bicyclic) bond motifs is 4. The SMILES string of the molecule is C[C@@H](NC(=O)c1ccc2c(n1)N(C(=O)Nc1ncc(OC[C@@H](O)CO)cn1)C1CCN2C1)C(F)(F)F. The zero-order valence-corrected chi connectivity index (χ0v) is 19.1. The number of nitrogens with one attached hydrogen (secondary N) is 2. The van der Waals surface area contributed by atoms with Gasteiger partial charge in [-0.3, -0.25) is 15.0 Å². The Kier molecular flexibility index (Phi) is 7.12. The first-order chi connectivity index (χ1) is 17.1. The number of carbonyl (C=O) groups is 2. The summed E-state index contributed by atoms with van der Waals surface area (Å²) in [6, 6.07) is -0.0958. The van der Waals surface area contributed by atoms with Crippen molar-refractivity contribution < 1.29 is 37.7 Å². The zero-order chi connectivity index (χ0) is 26.0. The molecule has 2 bridgehead atoms. The van der Waals surface area contributed by atoms with Crippen LogP contribution in [0.1, 0.15) is 23.8 Å². The van der Waals surface area contributed by atoms with Gasteiger partial charge >= 0.3 is 12.2 Å². The molecule has 4 heterocycles. The summed E-state index contributed by atoms with van der Waals surface area (Å²) in [7, 11) is 0. The van der Waals surface area contributed by atoms with Gasteiger partial charge in [-0.05, 0) is 25.5 Å². The lowest BCUT2D eigenvalue weighted by Crippen LogP contribution is -2.49. The molecule has 36 heavy (non-hydrogen) atoms. The normalized spacial score (nSPS) is 18.3. The molecule has 2 aromatic rings. The Hall–Kier alpha value is -3.72. The summed E-state index contributed by atoms with van der Waals surface area (Å²) < 4.78 is 43.8. The van der Waals surface area contributed by atoms with E-state index in [-0.39, 0.29) is 35.9 Å². The summed E-state index contributed by atoms with van der Waals surface area (Å²) >= 11 is 0. The fraction of sp³-hybridized carbons (Fsp3) is 0.476. The molecule has 0 spiro atoms. The number of hydrogen-bond acceptors (Lipinski definition) is 9. The van der Waals surface area contributed by atoms with E-state index in [0.29, 0.717) is 25.2 Å². The molecule has 4 rings (SSSR count). The van der Waals surface area contributed by atoms with E-state index in [0.717, 1.165) is 6.92 Å². The van der Waals surface area contributed by atoms with Crippen LogP contribution in [0.25, 0.3) is 0 Å². The van der Waals surface area contributed by atoms with E-state index in [1.807, 2.05) is 10.2 Å². The summed E-state index contributed by atoms with van der Waals surface area (Å²) in [5.74, 6) is -0.710. The fourth-order valence-corrected chi connectivity index (χ4v) is 3.81. The molecule has 1 unspecified atom stereocenters. The van der Waals surface area contributed by atoms with Crippen LogP contribution in [0.5, 0.6) is 5.75 Å².